The molecule has 0 aliphatic heterocycles. The molecule has 0 bridgehead atoms. The molecule has 14 heavy (non-hydrogen) atoms. The van der Waals surface area contributed by atoms with Gasteiger partial charge >= 0.3 is 0 Å². The Morgan fingerprint density at radius 2 is 2.21 bits per heavy atom. The Balaban J connectivity index is 2.26. The first-order valence-corrected chi connectivity index (χ1v) is 5.05. The van der Waals surface area contributed by atoms with Gasteiger partial charge in [0.1, 0.15) is 0 Å². The topological polar surface area (TPSA) is 29.1 Å². The summed E-state index contributed by atoms with van der Waals surface area (Å²) in [5.41, 5.74) is 0.983. The second kappa shape index (κ2) is 3.28. The summed E-state index contributed by atoms with van der Waals surface area (Å²) >= 11 is 5.90. The molecule has 1 aliphatic carbocycles. The quantitative estimate of drug-likeness (QED) is 0.797. The van der Waals surface area contributed by atoms with Gasteiger partial charge in [0.15, 0.2) is 0 Å². The van der Waals surface area contributed by atoms with Crippen molar-refractivity contribution in [1.29, 1.82) is 0 Å². The van der Waals surface area contributed by atoms with Crippen LogP contribution in [0.5, 0.6) is 0 Å². The summed E-state index contributed by atoms with van der Waals surface area (Å²) in [6, 6.07) is 7.69. The number of rotatable bonds is 2. The Hall–Kier alpha value is -1.02. The van der Waals surface area contributed by atoms with Crippen LogP contribution in [0.4, 0.5) is 0 Å². The highest BCUT2D eigenvalue weighted by Crippen LogP contribution is 2.45. The minimum absolute atomic E-state index is 0.0162. The van der Waals surface area contributed by atoms with Crippen LogP contribution in [-0.2, 0) is 10.3 Å². The second-order valence-electron chi connectivity index (χ2n) is 3.77. The molecule has 2 rings (SSSR count). The third kappa shape index (κ3) is 1.75. The van der Waals surface area contributed by atoms with Crippen LogP contribution in [-0.4, -0.2) is 5.91 Å². The van der Waals surface area contributed by atoms with Gasteiger partial charge in [0.05, 0.1) is 5.54 Å². The van der Waals surface area contributed by atoms with Crippen LogP contribution in [0.1, 0.15) is 25.3 Å². The summed E-state index contributed by atoms with van der Waals surface area (Å²) in [4.78, 5) is 11.0. The van der Waals surface area contributed by atoms with Crippen LogP contribution < -0.4 is 5.32 Å². The molecular weight excluding hydrogens is 198 g/mol. The van der Waals surface area contributed by atoms with Crippen molar-refractivity contribution in [3.63, 3.8) is 0 Å². The summed E-state index contributed by atoms with van der Waals surface area (Å²) in [6.45, 7) is 1.55. The Morgan fingerprint density at radius 3 is 2.71 bits per heavy atom. The smallest absolute Gasteiger partial charge is 0.217 e. The van der Waals surface area contributed by atoms with E-state index in [-0.39, 0.29) is 11.4 Å². The molecule has 0 aromatic heterocycles. The molecule has 3 heteroatoms. The van der Waals surface area contributed by atoms with Crippen LogP contribution in [0.25, 0.3) is 0 Å². The van der Waals surface area contributed by atoms with E-state index in [1.54, 1.807) is 6.92 Å². The molecule has 0 radical (unpaired) electrons. The molecule has 0 spiro atoms. The number of benzene rings is 1. The van der Waals surface area contributed by atoms with Crippen LogP contribution in [0, 0.1) is 0 Å². The van der Waals surface area contributed by atoms with E-state index < -0.39 is 0 Å². The van der Waals surface area contributed by atoms with Gasteiger partial charge in [0.2, 0.25) is 5.91 Å². The van der Waals surface area contributed by atoms with Crippen molar-refractivity contribution in [2.45, 2.75) is 25.3 Å². The normalized spacial score (nSPS) is 17.6. The van der Waals surface area contributed by atoms with Gasteiger partial charge in [0.25, 0.3) is 0 Å². The SMILES string of the molecule is CC(=O)NC1(c2cccc(Cl)c2)CC1. The highest BCUT2D eigenvalue weighted by atomic mass is 35.5. The third-order valence-corrected chi connectivity index (χ3v) is 2.78. The Bertz CT molecular complexity index is 371. The maximum absolute atomic E-state index is 11.0. The predicted octanol–water partition coefficient (Wildman–Crippen LogP) is 2.47. The first kappa shape index (κ1) is 9.53. The zero-order valence-electron chi connectivity index (χ0n) is 8.01. The average molecular weight is 210 g/mol. The van der Waals surface area contributed by atoms with Crippen LogP contribution in [0.15, 0.2) is 24.3 Å². The van der Waals surface area contributed by atoms with E-state index in [2.05, 4.69) is 5.32 Å². The largest absolute Gasteiger partial charge is 0.347 e. The van der Waals surface area contributed by atoms with Crippen molar-refractivity contribution >= 4 is 17.5 Å². The van der Waals surface area contributed by atoms with Crippen molar-refractivity contribution in [3.8, 4) is 0 Å². The molecule has 1 N–H and O–H groups in total. The Morgan fingerprint density at radius 1 is 1.50 bits per heavy atom. The van der Waals surface area contributed by atoms with E-state index in [1.165, 1.54) is 0 Å². The molecule has 1 saturated carbocycles. The standard InChI is InChI=1S/C11H12ClNO/c1-8(14)13-11(5-6-11)9-3-2-4-10(12)7-9/h2-4,7H,5-6H2,1H3,(H,13,14). The minimum Gasteiger partial charge on any atom is -0.347 e. The summed E-state index contributed by atoms with van der Waals surface area (Å²) in [6.07, 6.45) is 2.01. The summed E-state index contributed by atoms with van der Waals surface area (Å²) < 4.78 is 0. The molecule has 1 amide bonds. The van der Waals surface area contributed by atoms with Gasteiger partial charge in [-0.25, -0.2) is 0 Å². The number of halogens is 1. The number of nitrogens with one attached hydrogen (secondary N) is 1. The van der Waals surface area contributed by atoms with Gasteiger partial charge in [-0.2, -0.15) is 0 Å². The Kier molecular flexibility index (Phi) is 2.23. The molecule has 1 aliphatic rings. The first-order chi connectivity index (χ1) is 6.62. The van der Waals surface area contributed by atoms with Crippen molar-refractivity contribution in [2.24, 2.45) is 0 Å². The Labute approximate surface area is 88.3 Å². The lowest BCUT2D eigenvalue weighted by molar-refractivity contribution is -0.120. The van der Waals surface area contributed by atoms with E-state index in [1.807, 2.05) is 24.3 Å². The molecule has 0 unspecified atom stereocenters. The zero-order valence-corrected chi connectivity index (χ0v) is 8.77. The maximum atomic E-state index is 11.0. The molecule has 74 valence electrons. The first-order valence-electron chi connectivity index (χ1n) is 4.67. The lowest BCUT2D eigenvalue weighted by atomic mass is 10.1. The molecule has 0 atom stereocenters. The molecule has 1 fully saturated rings. The lowest BCUT2D eigenvalue weighted by Gasteiger charge is -2.16. The second-order valence-corrected chi connectivity index (χ2v) is 4.21. The highest BCUT2D eigenvalue weighted by molar-refractivity contribution is 6.30. The van der Waals surface area contributed by atoms with Crippen LogP contribution in [0.3, 0.4) is 0 Å². The van der Waals surface area contributed by atoms with Crippen molar-refractivity contribution < 1.29 is 4.79 Å². The molecule has 1 aromatic carbocycles. The monoisotopic (exact) mass is 209 g/mol. The van der Waals surface area contributed by atoms with Gasteiger partial charge in [-0.05, 0) is 30.5 Å². The van der Waals surface area contributed by atoms with E-state index in [4.69, 9.17) is 11.6 Å². The van der Waals surface area contributed by atoms with Gasteiger partial charge in [0, 0.05) is 11.9 Å². The van der Waals surface area contributed by atoms with Crippen molar-refractivity contribution in [2.75, 3.05) is 0 Å². The molecular formula is C11H12ClNO. The van der Waals surface area contributed by atoms with Crippen LogP contribution >= 0.6 is 11.6 Å². The summed E-state index contributed by atoms with van der Waals surface area (Å²) in [5, 5.41) is 3.70. The third-order valence-electron chi connectivity index (χ3n) is 2.54. The molecule has 0 heterocycles. The van der Waals surface area contributed by atoms with Gasteiger partial charge in [-0.3, -0.25) is 4.79 Å². The fourth-order valence-corrected chi connectivity index (χ4v) is 1.92. The fourth-order valence-electron chi connectivity index (χ4n) is 1.73. The van der Waals surface area contributed by atoms with E-state index >= 15 is 0 Å². The number of hydrogen-bond donors (Lipinski definition) is 1. The maximum Gasteiger partial charge on any atom is 0.217 e. The highest BCUT2D eigenvalue weighted by Gasteiger charge is 2.44. The van der Waals surface area contributed by atoms with Crippen LogP contribution in [0.2, 0.25) is 5.02 Å². The molecule has 1 aromatic rings. The lowest BCUT2D eigenvalue weighted by Crippen LogP contribution is -2.32. The molecule has 0 saturated heterocycles. The summed E-state index contributed by atoms with van der Waals surface area (Å²) in [7, 11) is 0. The van der Waals surface area contributed by atoms with Gasteiger partial charge in [-0.15, -0.1) is 0 Å². The predicted molar refractivity (Wildman–Crippen MR) is 56.2 cm³/mol. The average Bonchev–Trinajstić information content (AvgIpc) is 2.84. The minimum atomic E-state index is -0.128. The van der Waals surface area contributed by atoms with Crippen molar-refractivity contribution in [1.82, 2.24) is 5.32 Å². The van der Waals surface area contributed by atoms with Gasteiger partial charge in [-0.1, -0.05) is 23.7 Å². The molecule has 2 nitrogen and oxygen atoms in total. The number of carbonyl (C=O) groups is 1. The number of carbonyl (C=O) groups excluding carboxylic acids is 1. The number of amides is 1. The number of hydrogen-bond acceptors (Lipinski definition) is 1. The van der Waals surface area contributed by atoms with E-state index in [0.717, 1.165) is 23.4 Å². The fraction of sp³-hybridized carbons (Fsp3) is 0.364. The van der Waals surface area contributed by atoms with Gasteiger partial charge < -0.3 is 5.32 Å². The summed E-state index contributed by atoms with van der Waals surface area (Å²) in [5.74, 6) is 0.0162. The van der Waals surface area contributed by atoms with E-state index in [9.17, 15) is 4.79 Å². The van der Waals surface area contributed by atoms with E-state index in [0.29, 0.717) is 0 Å². The van der Waals surface area contributed by atoms with Crippen molar-refractivity contribution in [3.05, 3.63) is 34.9 Å². The zero-order chi connectivity index (χ0) is 10.2.